The van der Waals surface area contributed by atoms with Gasteiger partial charge in [-0.25, -0.2) is 0 Å². The number of phenolic OH excluding ortho intramolecular Hbond substituents is 1. The molecule has 2 aromatic heterocycles. The maximum absolute atomic E-state index is 13.0. The van der Waals surface area contributed by atoms with E-state index in [9.17, 15) is 19.8 Å². The van der Waals surface area contributed by atoms with Crippen molar-refractivity contribution in [2.24, 2.45) is 0 Å². The lowest BCUT2D eigenvalue weighted by Gasteiger charge is -2.47. The molecule has 6 rings (SSSR count). The second-order valence-corrected chi connectivity index (χ2v) is 13.9. The number of H-pyrrole nitrogens is 1. The minimum atomic E-state index is -0.807. The smallest absolute Gasteiger partial charge is 0.305 e. The van der Waals surface area contributed by atoms with Crippen molar-refractivity contribution in [1.82, 2.24) is 20.1 Å². The largest absolute Gasteiger partial charge is 0.506 e. The van der Waals surface area contributed by atoms with E-state index in [0.29, 0.717) is 48.6 Å². The minimum absolute atomic E-state index is 0.00322. The molecule has 1 spiro atoms. The summed E-state index contributed by atoms with van der Waals surface area (Å²) in [5.74, 6) is 0.132. The van der Waals surface area contributed by atoms with Crippen molar-refractivity contribution in [2.45, 2.75) is 44.4 Å². The van der Waals surface area contributed by atoms with Gasteiger partial charge in [-0.1, -0.05) is 41.7 Å². The van der Waals surface area contributed by atoms with Crippen LogP contribution in [0.4, 0.5) is 0 Å². The summed E-state index contributed by atoms with van der Waals surface area (Å²) in [6, 6.07) is 15.6. The number of piperidine rings is 1. The number of likely N-dealkylation sites (tertiary alicyclic amines) is 1. The van der Waals surface area contributed by atoms with E-state index in [1.54, 1.807) is 17.4 Å². The molecule has 4 aromatic rings. The first-order chi connectivity index (χ1) is 20.8. The number of amides is 1. The number of ether oxygens (including phenoxy) is 1. The zero-order valence-electron chi connectivity index (χ0n) is 24.3. The Balaban J connectivity index is 0.966. The Kier molecular flexibility index (Phi) is 8.99. The molecule has 2 saturated heterocycles. The van der Waals surface area contributed by atoms with Crippen molar-refractivity contribution in [3.8, 4) is 5.75 Å². The second kappa shape index (κ2) is 12.9. The van der Waals surface area contributed by atoms with Crippen molar-refractivity contribution in [1.29, 1.82) is 0 Å². The van der Waals surface area contributed by atoms with Gasteiger partial charge in [-0.3, -0.25) is 9.59 Å². The second-order valence-electron chi connectivity index (χ2n) is 11.6. The third-order valence-corrected chi connectivity index (χ3v) is 10.5. The maximum atomic E-state index is 13.0. The predicted molar refractivity (Wildman–Crippen MR) is 170 cm³/mol. The minimum Gasteiger partial charge on any atom is -0.506 e. The number of morpholine rings is 1. The highest BCUT2D eigenvalue weighted by atomic mass is 32.1. The van der Waals surface area contributed by atoms with Crippen LogP contribution in [-0.4, -0.2) is 82.4 Å². The third-order valence-electron chi connectivity index (χ3n) is 8.58. The molecule has 0 saturated carbocycles. The molecule has 4 N–H and O–H groups in total. The van der Waals surface area contributed by atoms with Gasteiger partial charge in [0.05, 0.1) is 34.4 Å². The van der Waals surface area contributed by atoms with Crippen molar-refractivity contribution < 1.29 is 19.7 Å². The Bertz CT molecular complexity index is 1640. The van der Waals surface area contributed by atoms with Gasteiger partial charge in [-0.15, -0.1) is 11.3 Å². The van der Waals surface area contributed by atoms with E-state index in [4.69, 9.17) is 4.74 Å². The molecule has 1 amide bonds. The zero-order valence-corrected chi connectivity index (χ0v) is 25.9. The van der Waals surface area contributed by atoms with E-state index in [2.05, 4.69) is 39.5 Å². The molecule has 43 heavy (non-hydrogen) atoms. The van der Waals surface area contributed by atoms with Crippen LogP contribution in [0.15, 0.2) is 53.3 Å². The number of hydrogen-bond acceptors (Lipinski definition) is 9. The van der Waals surface area contributed by atoms with Gasteiger partial charge in [0.25, 0.3) is 5.91 Å². The number of aliphatic hydroxyl groups excluding tert-OH is 1. The molecule has 4 heterocycles. The number of fused-ring (bicyclic) bond motifs is 1. The van der Waals surface area contributed by atoms with Gasteiger partial charge in [-0.05, 0) is 55.5 Å². The van der Waals surface area contributed by atoms with Crippen molar-refractivity contribution in [2.75, 3.05) is 45.9 Å². The first-order valence-electron chi connectivity index (χ1n) is 14.8. The number of thiophene rings is 1. The topological polar surface area (TPSA) is 118 Å². The molecule has 2 aliphatic rings. The molecule has 2 aromatic carbocycles. The first kappa shape index (κ1) is 30.0. The Morgan fingerprint density at radius 3 is 2.72 bits per heavy atom. The normalized spacial score (nSPS) is 18.0. The van der Waals surface area contributed by atoms with E-state index in [0.717, 1.165) is 65.6 Å². The van der Waals surface area contributed by atoms with Crippen LogP contribution in [0.2, 0.25) is 0 Å². The van der Waals surface area contributed by atoms with E-state index in [1.807, 2.05) is 24.0 Å². The van der Waals surface area contributed by atoms with E-state index in [-0.39, 0.29) is 22.1 Å². The monoisotopic (exact) mass is 622 g/mol. The number of aromatic hydroxyl groups is 1. The SMILES string of the molecule is Cc1ccc(C(=O)N2CCOC3(CCN(CCc4cccc(CNCC(O)c5ccc(O)c6[nH]c(=O)sc56)c4)CC3)C2)s1. The van der Waals surface area contributed by atoms with Crippen molar-refractivity contribution in [3.05, 3.63) is 84.6 Å². The fraction of sp³-hybridized carbons (Fsp3) is 0.438. The van der Waals surface area contributed by atoms with Crippen molar-refractivity contribution >= 4 is 38.8 Å². The number of aromatic nitrogens is 1. The van der Waals surface area contributed by atoms with Crippen LogP contribution < -0.4 is 10.2 Å². The summed E-state index contributed by atoms with van der Waals surface area (Å²) >= 11 is 2.56. The molecule has 228 valence electrons. The lowest BCUT2D eigenvalue weighted by atomic mass is 9.89. The van der Waals surface area contributed by atoms with Crippen LogP contribution in [0.3, 0.4) is 0 Å². The van der Waals surface area contributed by atoms with Crippen LogP contribution in [0.25, 0.3) is 10.2 Å². The summed E-state index contributed by atoms with van der Waals surface area (Å²) in [5.41, 5.74) is 3.17. The number of carbonyl (C=O) groups excluding carboxylic acids is 1. The molecule has 2 fully saturated rings. The van der Waals surface area contributed by atoms with Crippen LogP contribution >= 0.6 is 22.7 Å². The highest BCUT2D eigenvalue weighted by Gasteiger charge is 2.41. The number of aliphatic hydroxyl groups is 1. The summed E-state index contributed by atoms with van der Waals surface area (Å²) in [7, 11) is 0. The molecule has 11 heteroatoms. The Hall–Kier alpha value is -3.06. The van der Waals surface area contributed by atoms with E-state index in [1.165, 1.54) is 11.6 Å². The van der Waals surface area contributed by atoms with Crippen LogP contribution in [0.1, 0.15) is 50.2 Å². The average Bonchev–Trinajstić information content (AvgIpc) is 3.62. The van der Waals surface area contributed by atoms with E-state index < -0.39 is 6.10 Å². The van der Waals surface area contributed by atoms with Gasteiger partial charge < -0.3 is 35.1 Å². The molecular formula is C32H38N4O5S2. The van der Waals surface area contributed by atoms with Crippen molar-refractivity contribution in [3.63, 3.8) is 0 Å². The number of nitrogens with zero attached hydrogens (tertiary/aromatic N) is 2. The Morgan fingerprint density at radius 2 is 1.93 bits per heavy atom. The third kappa shape index (κ3) is 6.87. The van der Waals surface area contributed by atoms with Gasteiger partial charge in [-0.2, -0.15) is 0 Å². The summed E-state index contributed by atoms with van der Waals surface area (Å²) < 4.78 is 6.88. The van der Waals surface area contributed by atoms with Crippen LogP contribution in [0, 0.1) is 6.92 Å². The molecule has 1 unspecified atom stereocenters. The maximum Gasteiger partial charge on any atom is 0.305 e. The highest BCUT2D eigenvalue weighted by Crippen LogP contribution is 2.32. The molecule has 1 atom stereocenters. The molecule has 0 radical (unpaired) electrons. The number of rotatable bonds is 9. The van der Waals surface area contributed by atoms with Crippen LogP contribution in [0.5, 0.6) is 5.75 Å². The predicted octanol–water partition coefficient (Wildman–Crippen LogP) is 4.04. The molecular weight excluding hydrogens is 585 g/mol. The Labute approximate surface area is 258 Å². The standard InChI is InChI=1S/C32H38N4O5S2/c1-21-5-8-27(42-21)30(39)36-15-16-41-32(20-36)10-13-35(14-11-32)12-9-22-3-2-4-23(17-22)18-33-19-26(38)24-6-7-25(37)28-29(24)43-31(40)34-28/h2-8,17,26,33,37-38H,9-16,18-20H2,1H3,(H,34,40). The fourth-order valence-electron chi connectivity index (χ4n) is 6.16. The molecule has 9 nitrogen and oxygen atoms in total. The van der Waals surface area contributed by atoms with Gasteiger partial charge in [0.2, 0.25) is 0 Å². The van der Waals surface area contributed by atoms with Gasteiger partial charge in [0.1, 0.15) is 11.3 Å². The van der Waals surface area contributed by atoms with Gasteiger partial charge in [0.15, 0.2) is 0 Å². The first-order valence-corrected chi connectivity index (χ1v) is 16.5. The van der Waals surface area contributed by atoms with Gasteiger partial charge >= 0.3 is 4.87 Å². The summed E-state index contributed by atoms with van der Waals surface area (Å²) in [5, 5.41) is 24.1. The van der Waals surface area contributed by atoms with Gasteiger partial charge in [0, 0.05) is 49.7 Å². The quantitative estimate of drug-likeness (QED) is 0.223. The number of carbonyl (C=O) groups is 1. The number of thiazole rings is 1. The number of hydrogen-bond donors (Lipinski definition) is 4. The zero-order chi connectivity index (χ0) is 30.0. The lowest BCUT2D eigenvalue weighted by Crippen LogP contribution is -2.58. The average molecular weight is 623 g/mol. The number of phenols is 1. The molecule has 0 aliphatic carbocycles. The summed E-state index contributed by atoms with van der Waals surface area (Å²) in [6.07, 6.45) is 2.00. The Morgan fingerprint density at radius 1 is 1.12 bits per heavy atom. The number of benzene rings is 2. The highest BCUT2D eigenvalue weighted by molar-refractivity contribution is 7.16. The molecule has 0 bridgehead atoms. The summed E-state index contributed by atoms with van der Waals surface area (Å²) in [4.78, 5) is 33.7. The number of nitrogens with one attached hydrogen (secondary N) is 2. The number of aryl methyl sites for hydroxylation is 1. The lowest BCUT2D eigenvalue weighted by molar-refractivity contribution is -0.127. The summed E-state index contributed by atoms with van der Waals surface area (Å²) in [6.45, 7) is 7.78. The van der Waals surface area contributed by atoms with E-state index >= 15 is 0 Å². The fourth-order valence-corrected chi connectivity index (χ4v) is 7.91. The van der Waals surface area contributed by atoms with Crippen LogP contribution in [-0.2, 0) is 17.7 Å². The number of aromatic amines is 1. The molecule has 2 aliphatic heterocycles.